The van der Waals surface area contributed by atoms with E-state index in [1.54, 1.807) is 0 Å². The van der Waals surface area contributed by atoms with Gasteiger partial charge in [0.2, 0.25) is 0 Å². The van der Waals surface area contributed by atoms with Crippen LogP contribution in [0.25, 0.3) is 0 Å². The summed E-state index contributed by atoms with van der Waals surface area (Å²) in [5.41, 5.74) is 3.68. The Hall–Kier alpha value is -2.27. The highest BCUT2D eigenvalue weighted by Gasteiger charge is 2.30. The zero-order chi connectivity index (χ0) is 16.7. The van der Waals surface area contributed by atoms with Gasteiger partial charge in [0.25, 0.3) is 0 Å². The van der Waals surface area contributed by atoms with Crippen LogP contribution in [0.15, 0.2) is 41.4 Å². The number of rotatable bonds is 2. The lowest BCUT2D eigenvalue weighted by atomic mass is 10.0. The van der Waals surface area contributed by atoms with Crippen LogP contribution in [0.4, 0.5) is 20.2 Å². The summed E-state index contributed by atoms with van der Waals surface area (Å²) in [6.07, 6.45) is 2.06. The van der Waals surface area contributed by atoms with E-state index < -0.39 is 11.6 Å². The molecule has 0 aromatic heterocycles. The van der Waals surface area contributed by atoms with Crippen molar-refractivity contribution in [3.8, 4) is 0 Å². The summed E-state index contributed by atoms with van der Waals surface area (Å²) < 4.78 is 27.5. The van der Waals surface area contributed by atoms with Crippen molar-refractivity contribution in [2.24, 2.45) is 4.99 Å². The maximum atomic E-state index is 13.7. The second kappa shape index (κ2) is 5.98. The van der Waals surface area contributed by atoms with Gasteiger partial charge in [-0.2, -0.15) is 0 Å². The lowest BCUT2D eigenvalue weighted by molar-refractivity contribution is 0.583. The number of anilines is 1. The Morgan fingerprint density at radius 1 is 1.17 bits per heavy atom. The first-order valence-electron chi connectivity index (χ1n) is 8.26. The summed E-state index contributed by atoms with van der Waals surface area (Å²) in [6, 6.07) is 9.81. The number of nitrogens with one attached hydrogen (secondary N) is 1. The highest BCUT2D eigenvalue weighted by Crippen LogP contribution is 2.34. The van der Waals surface area contributed by atoms with Crippen LogP contribution >= 0.6 is 0 Å². The molecule has 1 atom stereocenters. The van der Waals surface area contributed by atoms with Crippen molar-refractivity contribution in [1.29, 1.82) is 0 Å². The maximum Gasteiger partial charge on any atom is 0.128 e. The van der Waals surface area contributed by atoms with E-state index in [0.717, 1.165) is 48.1 Å². The third-order valence-electron chi connectivity index (χ3n) is 4.68. The lowest BCUT2D eigenvalue weighted by Crippen LogP contribution is -2.45. The Morgan fingerprint density at radius 3 is 2.67 bits per heavy atom. The molecule has 5 heteroatoms. The van der Waals surface area contributed by atoms with E-state index >= 15 is 0 Å². The molecule has 1 fully saturated rings. The van der Waals surface area contributed by atoms with Crippen LogP contribution in [-0.4, -0.2) is 18.4 Å². The summed E-state index contributed by atoms with van der Waals surface area (Å²) in [7, 11) is 0. The predicted octanol–water partition coefficient (Wildman–Crippen LogP) is 4.08. The third kappa shape index (κ3) is 2.69. The smallest absolute Gasteiger partial charge is 0.128 e. The number of amidine groups is 1. The quantitative estimate of drug-likeness (QED) is 0.900. The monoisotopic (exact) mass is 327 g/mol. The SMILES string of the molecule is Cc1cccc2c1N=C([C@@H]1CCCN1)N(c1cc(F)cc(F)c1)C2. The van der Waals surface area contributed by atoms with Gasteiger partial charge in [0.15, 0.2) is 0 Å². The molecule has 0 unspecified atom stereocenters. The molecular formula is C19H19F2N3. The number of aliphatic imine (C=N–C) groups is 1. The molecule has 2 heterocycles. The molecule has 0 saturated carbocycles. The second-order valence-electron chi connectivity index (χ2n) is 6.42. The molecule has 1 N–H and O–H groups in total. The van der Waals surface area contributed by atoms with Crippen molar-refractivity contribution in [3.05, 3.63) is 59.2 Å². The first-order chi connectivity index (χ1) is 11.6. The van der Waals surface area contributed by atoms with E-state index in [1.165, 1.54) is 12.1 Å². The van der Waals surface area contributed by atoms with E-state index in [9.17, 15) is 8.78 Å². The Morgan fingerprint density at radius 2 is 1.96 bits per heavy atom. The van der Waals surface area contributed by atoms with Gasteiger partial charge in [0.1, 0.15) is 17.5 Å². The van der Waals surface area contributed by atoms with Gasteiger partial charge >= 0.3 is 0 Å². The molecule has 0 bridgehead atoms. The van der Waals surface area contributed by atoms with Crippen molar-refractivity contribution in [2.45, 2.75) is 32.4 Å². The van der Waals surface area contributed by atoms with Crippen LogP contribution in [0.2, 0.25) is 0 Å². The zero-order valence-corrected chi connectivity index (χ0v) is 13.5. The molecule has 3 nitrogen and oxygen atoms in total. The number of fused-ring (bicyclic) bond motifs is 1. The first kappa shape index (κ1) is 15.3. The minimum absolute atomic E-state index is 0.115. The Balaban J connectivity index is 1.83. The average molecular weight is 327 g/mol. The normalized spacial score (nSPS) is 20.0. The molecule has 0 aliphatic carbocycles. The molecule has 0 amide bonds. The summed E-state index contributed by atoms with van der Waals surface area (Å²) >= 11 is 0. The number of benzene rings is 2. The van der Waals surface area contributed by atoms with E-state index in [1.807, 2.05) is 30.0 Å². The summed E-state index contributed by atoms with van der Waals surface area (Å²) in [5, 5.41) is 3.45. The first-order valence-corrected chi connectivity index (χ1v) is 8.26. The number of hydrogen-bond acceptors (Lipinski definition) is 3. The van der Waals surface area contributed by atoms with Crippen LogP contribution < -0.4 is 10.2 Å². The molecule has 2 aromatic carbocycles. The molecule has 124 valence electrons. The van der Waals surface area contributed by atoms with Gasteiger partial charge in [0, 0.05) is 11.8 Å². The Kier molecular flexibility index (Phi) is 3.81. The molecule has 2 aromatic rings. The fourth-order valence-electron chi connectivity index (χ4n) is 3.52. The van der Waals surface area contributed by atoms with E-state index in [2.05, 4.69) is 5.32 Å². The van der Waals surface area contributed by atoms with Crippen molar-refractivity contribution in [1.82, 2.24) is 5.32 Å². The van der Waals surface area contributed by atoms with E-state index in [-0.39, 0.29) is 6.04 Å². The number of para-hydroxylation sites is 1. The number of aryl methyl sites for hydroxylation is 1. The third-order valence-corrected chi connectivity index (χ3v) is 4.68. The summed E-state index contributed by atoms with van der Waals surface area (Å²) in [5.74, 6) is -0.295. The summed E-state index contributed by atoms with van der Waals surface area (Å²) in [4.78, 5) is 6.81. The fraction of sp³-hybridized carbons (Fsp3) is 0.316. The Bertz CT molecular complexity index is 790. The molecule has 0 radical (unpaired) electrons. The van der Waals surface area contributed by atoms with Crippen molar-refractivity contribution in [2.75, 3.05) is 11.4 Å². The van der Waals surface area contributed by atoms with Crippen molar-refractivity contribution >= 4 is 17.2 Å². The minimum Gasteiger partial charge on any atom is -0.324 e. The van der Waals surface area contributed by atoms with Crippen molar-refractivity contribution in [3.63, 3.8) is 0 Å². The number of hydrogen-bond donors (Lipinski definition) is 1. The molecule has 2 aliphatic rings. The highest BCUT2D eigenvalue weighted by atomic mass is 19.1. The molecule has 24 heavy (non-hydrogen) atoms. The Labute approximate surface area is 140 Å². The van der Waals surface area contributed by atoms with Gasteiger partial charge in [-0.05, 0) is 49.6 Å². The molecule has 0 spiro atoms. The molecule has 1 saturated heterocycles. The highest BCUT2D eigenvalue weighted by molar-refractivity contribution is 6.04. The van der Waals surface area contributed by atoms with Crippen LogP contribution in [0.3, 0.4) is 0 Å². The van der Waals surface area contributed by atoms with Gasteiger partial charge in [0.05, 0.1) is 18.3 Å². The second-order valence-corrected chi connectivity index (χ2v) is 6.42. The lowest BCUT2D eigenvalue weighted by Gasteiger charge is -2.34. The number of nitrogens with zero attached hydrogens (tertiary/aromatic N) is 2. The van der Waals surface area contributed by atoms with Gasteiger partial charge in [-0.15, -0.1) is 0 Å². The topological polar surface area (TPSA) is 27.6 Å². The van der Waals surface area contributed by atoms with Crippen LogP contribution in [0, 0.1) is 18.6 Å². The predicted molar refractivity (Wildman–Crippen MR) is 91.8 cm³/mol. The fourth-order valence-corrected chi connectivity index (χ4v) is 3.52. The maximum absolute atomic E-state index is 13.7. The zero-order valence-electron chi connectivity index (χ0n) is 13.5. The summed E-state index contributed by atoms with van der Waals surface area (Å²) in [6.45, 7) is 3.55. The van der Waals surface area contributed by atoms with Crippen LogP contribution in [-0.2, 0) is 6.54 Å². The standard InChI is InChI=1S/C19H19F2N3/c1-12-4-2-5-13-11-24(16-9-14(20)8-15(21)10-16)19(23-18(12)13)17-6-3-7-22-17/h2,4-5,8-10,17,22H,3,6-7,11H2,1H3/t17-/m0/s1. The van der Waals surface area contributed by atoms with Crippen LogP contribution in [0.1, 0.15) is 24.0 Å². The van der Waals surface area contributed by atoms with E-state index in [0.29, 0.717) is 12.2 Å². The van der Waals surface area contributed by atoms with Crippen molar-refractivity contribution < 1.29 is 8.78 Å². The van der Waals surface area contributed by atoms with E-state index in [4.69, 9.17) is 4.99 Å². The van der Waals surface area contributed by atoms with Gasteiger partial charge in [-0.1, -0.05) is 18.2 Å². The number of halogens is 2. The molecular weight excluding hydrogens is 308 g/mol. The van der Waals surface area contributed by atoms with Gasteiger partial charge < -0.3 is 10.2 Å². The largest absolute Gasteiger partial charge is 0.324 e. The van der Waals surface area contributed by atoms with Gasteiger partial charge in [-0.3, -0.25) is 0 Å². The average Bonchev–Trinajstić information content (AvgIpc) is 3.07. The van der Waals surface area contributed by atoms with Gasteiger partial charge in [-0.25, -0.2) is 13.8 Å². The van der Waals surface area contributed by atoms with Crippen LogP contribution in [0.5, 0.6) is 0 Å². The molecule has 4 rings (SSSR count). The minimum atomic E-state index is -0.571. The molecule has 2 aliphatic heterocycles.